The van der Waals surface area contributed by atoms with Crippen molar-refractivity contribution in [2.75, 3.05) is 0 Å². The Labute approximate surface area is 327 Å². The van der Waals surface area contributed by atoms with Crippen LogP contribution in [0.25, 0.3) is 0 Å². The minimum atomic E-state index is 0.612. The van der Waals surface area contributed by atoms with Gasteiger partial charge in [-0.05, 0) is 198 Å². The highest BCUT2D eigenvalue weighted by Crippen LogP contribution is 2.65. The maximum Gasteiger partial charge on any atom is 0.0133 e. The highest BCUT2D eigenvalue weighted by atomic mass is 15.3. The molecule has 15 atom stereocenters. The molecule has 0 aromatic heterocycles. The number of fused-ring (bicyclic) bond motifs is 9. The van der Waals surface area contributed by atoms with E-state index in [4.69, 9.17) is 0 Å². The van der Waals surface area contributed by atoms with Crippen LogP contribution in [0.5, 0.6) is 0 Å². The quantitative estimate of drug-likeness (QED) is 0.285. The molecule has 11 fully saturated rings. The van der Waals surface area contributed by atoms with Crippen LogP contribution in [-0.2, 0) is 0 Å². The standard InChI is InChI=1S/C51H84N2/c1-51(2)45-17-9-6-14-39(45)42-32-38(26-27-46(42)51)53-48-19-11-8-16-41(48)44-31-36(23-29-50(44)53)35-22-28-49-43(30-35)40-15-7-10-18-47(40)52(49)37-24-20-34(21-25-37)33-12-4-3-5-13-33/h33-50H,3-32H2,1-2H3. The number of nitrogens with zero attached hydrogens (tertiary/aromatic N) is 2. The SMILES string of the molecule is CC1(C)C2CCCCC2C2CC(N3C4CCCCC4C4CC(C5CCC6C(C5)C5CCCCC5N6C5CCC(C6CCCCC6)CC5)CCC43)CCC21. The first-order chi connectivity index (χ1) is 26.0. The molecule has 0 radical (unpaired) electrons. The molecule has 9 saturated carbocycles. The van der Waals surface area contributed by atoms with Crippen LogP contribution in [-0.4, -0.2) is 46.1 Å². The molecule has 0 aromatic carbocycles. The van der Waals surface area contributed by atoms with Crippen molar-refractivity contribution in [1.82, 2.24) is 9.80 Å². The van der Waals surface area contributed by atoms with Crippen molar-refractivity contribution >= 4 is 0 Å². The summed E-state index contributed by atoms with van der Waals surface area (Å²) in [5.41, 5.74) is 0.612. The molecule has 15 unspecified atom stereocenters. The molecule has 11 rings (SSSR count). The highest BCUT2D eigenvalue weighted by Gasteiger charge is 2.60. The van der Waals surface area contributed by atoms with E-state index >= 15 is 0 Å². The van der Waals surface area contributed by atoms with Gasteiger partial charge in [-0.15, -0.1) is 0 Å². The first-order valence-electron chi connectivity index (χ1n) is 25.6. The molecular formula is C51H84N2. The molecule has 53 heavy (non-hydrogen) atoms. The molecule has 0 spiro atoms. The Hall–Kier alpha value is -0.0800. The van der Waals surface area contributed by atoms with Crippen molar-refractivity contribution in [3.63, 3.8) is 0 Å². The molecule has 2 nitrogen and oxygen atoms in total. The number of hydrogen-bond acceptors (Lipinski definition) is 2. The lowest BCUT2D eigenvalue weighted by Crippen LogP contribution is -2.51. The molecular weight excluding hydrogens is 641 g/mol. The van der Waals surface area contributed by atoms with E-state index < -0.39 is 0 Å². The maximum atomic E-state index is 3.38. The van der Waals surface area contributed by atoms with Crippen molar-refractivity contribution in [2.45, 2.75) is 243 Å². The van der Waals surface area contributed by atoms with E-state index in [1.807, 2.05) is 0 Å². The second kappa shape index (κ2) is 14.6. The Balaban J connectivity index is 0.768. The third kappa shape index (κ3) is 6.08. The summed E-state index contributed by atoms with van der Waals surface area (Å²) in [7, 11) is 0. The minimum Gasteiger partial charge on any atom is -0.294 e. The fraction of sp³-hybridized carbons (Fsp3) is 1.00. The molecule has 0 N–H and O–H groups in total. The van der Waals surface area contributed by atoms with Gasteiger partial charge in [-0.3, -0.25) is 9.80 Å². The number of likely N-dealkylation sites (tertiary alicyclic amines) is 2. The van der Waals surface area contributed by atoms with Crippen LogP contribution in [0.1, 0.15) is 206 Å². The van der Waals surface area contributed by atoms with Crippen LogP contribution in [0.2, 0.25) is 0 Å². The molecule has 11 aliphatic rings. The minimum absolute atomic E-state index is 0.612. The summed E-state index contributed by atoms with van der Waals surface area (Å²) < 4.78 is 0. The molecule has 298 valence electrons. The third-order valence-corrected chi connectivity index (χ3v) is 21.7. The largest absolute Gasteiger partial charge is 0.294 e. The average Bonchev–Trinajstić information content (AvgIpc) is 3.81. The van der Waals surface area contributed by atoms with Gasteiger partial charge in [-0.1, -0.05) is 84.5 Å². The van der Waals surface area contributed by atoms with Gasteiger partial charge in [0.05, 0.1) is 0 Å². The predicted molar refractivity (Wildman–Crippen MR) is 221 cm³/mol. The van der Waals surface area contributed by atoms with Crippen molar-refractivity contribution in [1.29, 1.82) is 0 Å². The fourth-order valence-corrected chi connectivity index (χ4v) is 19.8. The summed E-state index contributed by atoms with van der Waals surface area (Å²) in [5, 5.41) is 0. The van der Waals surface area contributed by atoms with Crippen LogP contribution in [0.15, 0.2) is 0 Å². The Morgan fingerprint density at radius 2 is 0.755 bits per heavy atom. The zero-order chi connectivity index (χ0) is 35.3. The molecule has 0 amide bonds. The number of hydrogen-bond donors (Lipinski definition) is 0. The van der Waals surface area contributed by atoms with Gasteiger partial charge in [0.2, 0.25) is 0 Å². The molecule has 2 heteroatoms. The van der Waals surface area contributed by atoms with Gasteiger partial charge in [0.25, 0.3) is 0 Å². The van der Waals surface area contributed by atoms with E-state index in [1.54, 1.807) is 148 Å². The second-order valence-corrected chi connectivity index (χ2v) is 23.6. The predicted octanol–water partition coefficient (Wildman–Crippen LogP) is 13.1. The first kappa shape index (κ1) is 36.0. The maximum absolute atomic E-state index is 3.38. The summed E-state index contributed by atoms with van der Waals surface area (Å²) in [4.78, 5) is 6.71. The van der Waals surface area contributed by atoms with Crippen LogP contribution in [0, 0.1) is 76.4 Å². The molecule has 9 aliphatic carbocycles. The third-order valence-electron chi connectivity index (χ3n) is 21.7. The van der Waals surface area contributed by atoms with E-state index in [1.165, 1.54) is 44.9 Å². The summed E-state index contributed by atoms with van der Waals surface area (Å²) in [5.74, 6) is 12.8. The molecule has 2 saturated heterocycles. The summed E-state index contributed by atoms with van der Waals surface area (Å²) in [6.07, 6.45) is 47.0. The first-order valence-corrected chi connectivity index (χ1v) is 25.6. The van der Waals surface area contributed by atoms with Gasteiger partial charge in [-0.25, -0.2) is 0 Å². The van der Waals surface area contributed by atoms with Crippen molar-refractivity contribution in [3.05, 3.63) is 0 Å². The second-order valence-electron chi connectivity index (χ2n) is 23.6. The van der Waals surface area contributed by atoms with E-state index in [0.717, 1.165) is 107 Å². The van der Waals surface area contributed by atoms with Gasteiger partial charge in [0.1, 0.15) is 0 Å². The van der Waals surface area contributed by atoms with Crippen LogP contribution < -0.4 is 0 Å². The normalized spacial score (nSPS) is 53.2. The summed E-state index contributed by atoms with van der Waals surface area (Å²) in [6.45, 7) is 5.44. The van der Waals surface area contributed by atoms with Crippen LogP contribution in [0.3, 0.4) is 0 Å². The highest BCUT2D eigenvalue weighted by molar-refractivity contribution is 5.12. The van der Waals surface area contributed by atoms with Crippen molar-refractivity contribution in [2.24, 2.45) is 76.4 Å². The van der Waals surface area contributed by atoms with Gasteiger partial charge in [0.15, 0.2) is 0 Å². The lowest BCUT2D eigenvalue weighted by atomic mass is 9.62. The molecule has 2 heterocycles. The Morgan fingerprint density at radius 3 is 1.40 bits per heavy atom. The van der Waals surface area contributed by atoms with Crippen molar-refractivity contribution in [3.8, 4) is 0 Å². The summed E-state index contributed by atoms with van der Waals surface area (Å²) >= 11 is 0. The van der Waals surface area contributed by atoms with E-state index in [0.29, 0.717) is 5.41 Å². The molecule has 2 aliphatic heterocycles. The topological polar surface area (TPSA) is 6.48 Å². The smallest absolute Gasteiger partial charge is 0.0133 e. The zero-order valence-electron chi connectivity index (χ0n) is 35.0. The van der Waals surface area contributed by atoms with E-state index in [9.17, 15) is 0 Å². The van der Waals surface area contributed by atoms with Gasteiger partial charge >= 0.3 is 0 Å². The fourth-order valence-electron chi connectivity index (χ4n) is 19.8. The van der Waals surface area contributed by atoms with E-state index in [-0.39, 0.29) is 0 Å². The monoisotopic (exact) mass is 725 g/mol. The lowest BCUT2D eigenvalue weighted by molar-refractivity contribution is 0.00884. The molecule has 0 bridgehead atoms. The van der Waals surface area contributed by atoms with Crippen LogP contribution in [0.4, 0.5) is 0 Å². The average molecular weight is 725 g/mol. The summed E-state index contributed by atoms with van der Waals surface area (Å²) in [6, 6.07) is 5.75. The van der Waals surface area contributed by atoms with Crippen molar-refractivity contribution < 1.29 is 0 Å². The van der Waals surface area contributed by atoms with Gasteiger partial charge in [0, 0.05) is 36.3 Å². The number of rotatable bonds is 4. The zero-order valence-corrected chi connectivity index (χ0v) is 35.0. The molecule has 0 aromatic rings. The van der Waals surface area contributed by atoms with Gasteiger partial charge in [-0.2, -0.15) is 0 Å². The van der Waals surface area contributed by atoms with Crippen LogP contribution >= 0.6 is 0 Å². The lowest BCUT2D eigenvalue weighted by Gasteiger charge is -2.48. The van der Waals surface area contributed by atoms with Gasteiger partial charge < -0.3 is 0 Å². The Kier molecular flexibility index (Phi) is 9.95. The Bertz CT molecular complexity index is 1260. The Morgan fingerprint density at radius 1 is 0.302 bits per heavy atom. The van der Waals surface area contributed by atoms with E-state index in [2.05, 4.69) is 23.6 Å².